The first kappa shape index (κ1) is 12.7. The fourth-order valence-electron chi connectivity index (χ4n) is 1.51. The number of carboxylic acids is 1. The molecule has 0 amide bonds. The van der Waals surface area contributed by atoms with Gasteiger partial charge < -0.3 is 10.4 Å². The van der Waals surface area contributed by atoms with Crippen LogP contribution < -0.4 is 5.32 Å². The first-order chi connectivity index (χ1) is 7.63. The van der Waals surface area contributed by atoms with Crippen molar-refractivity contribution in [1.29, 1.82) is 0 Å². The second-order valence-electron chi connectivity index (χ2n) is 4.05. The van der Waals surface area contributed by atoms with Crippen molar-refractivity contribution in [2.45, 2.75) is 32.7 Å². The van der Waals surface area contributed by atoms with E-state index >= 15 is 0 Å². The van der Waals surface area contributed by atoms with Crippen LogP contribution in [0, 0.1) is 0 Å². The third-order valence-corrected chi connectivity index (χ3v) is 2.77. The summed E-state index contributed by atoms with van der Waals surface area (Å²) in [4.78, 5) is 10.3. The van der Waals surface area contributed by atoms with Gasteiger partial charge in [0.15, 0.2) is 0 Å². The second-order valence-corrected chi connectivity index (χ2v) is 4.05. The van der Waals surface area contributed by atoms with E-state index in [4.69, 9.17) is 5.11 Å². The Labute approximate surface area is 96.5 Å². The Bertz CT molecular complexity index is 332. The number of carbonyl (C=O) groups is 1. The predicted molar refractivity (Wildman–Crippen MR) is 64.5 cm³/mol. The van der Waals surface area contributed by atoms with Crippen molar-refractivity contribution in [2.24, 2.45) is 0 Å². The van der Waals surface area contributed by atoms with Gasteiger partial charge in [-0.05, 0) is 23.5 Å². The number of nitrogens with one attached hydrogen (secondary N) is 1. The van der Waals surface area contributed by atoms with Crippen molar-refractivity contribution in [1.82, 2.24) is 5.32 Å². The average molecular weight is 221 g/mol. The van der Waals surface area contributed by atoms with Gasteiger partial charge in [-0.3, -0.25) is 4.79 Å². The van der Waals surface area contributed by atoms with Crippen LogP contribution in [0.1, 0.15) is 37.3 Å². The summed E-state index contributed by atoms with van der Waals surface area (Å²) < 4.78 is 0. The smallest absolute Gasteiger partial charge is 0.317 e. The highest BCUT2D eigenvalue weighted by Gasteiger charge is 2.02. The van der Waals surface area contributed by atoms with Gasteiger partial charge >= 0.3 is 5.97 Å². The van der Waals surface area contributed by atoms with Crippen molar-refractivity contribution in [3.05, 3.63) is 35.4 Å². The Kier molecular flexibility index (Phi) is 4.99. The molecule has 0 aliphatic carbocycles. The van der Waals surface area contributed by atoms with Crippen molar-refractivity contribution in [3.8, 4) is 0 Å². The van der Waals surface area contributed by atoms with Gasteiger partial charge in [0.1, 0.15) is 0 Å². The first-order valence-corrected chi connectivity index (χ1v) is 5.64. The summed E-state index contributed by atoms with van der Waals surface area (Å²) in [6, 6.07) is 8.34. The Hall–Kier alpha value is -1.35. The number of hydrogen-bond donors (Lipinski definition) is 2. The maximum absolute atomic E-state index is 10.3. The summed E-state index contributed by atoms with van der Waals surface area (Å²) in [7, 11) is 0. The molecule has 2 N–H and O–H groups in total. The second kappa shape index (κ2) is 6.28. The Morgan fingerprint density at radius 1 is 1.38 bits per heavy atom. The molecule has 3 heteroatoms. The lowest BCUT2D eigenvalue weighted by Crippen LogP contribution is -2.21. The molecular formula is C13H19NO2. The lowest BCUT2D eigenvalue weighted by molar-refractivity contribution is -0.135. The van der Waals surface area contributed by atoms with Crippen LogP contribution in [-0.2, 0) is 11.3 Å². The summed E-state index contributed by atoms with van der Waals surface area (Å²) in [5.41, 5.74) is 2.46. The van der Waals surface area contributed by atoms with E-state index in [9.17, 15) is 4.79 Å². The minimum atomic E-state index is -0.823. The minimum absolute atomic E-state index is 0.00706. The van der Waals surface area contributed by atoms with E-state index in [2.05, 4.69) is 43.4 Å². The highest BCUT2D eigenvalue weighted by molar-refractivity contribution is 5.68. The molecule has 0 aliphatic rings. The van der Waals surface area contributed by atoms with Crippen LogP contribution >= 0.6 is 0 Å². The maximum Gasteiger partial charge on any atom is 0.317 e. The van der Waals surface area contributed by atoms with Gasteiger partial charge in [0.2, 0.25) is 0 Å². The minimum Gasteiger partial charge on any atom is -0.480 e. The van der Waals surface area contributed by atoms with Gasteiger partial charge in [0, 0.05) is 6.54 Å². The van der Waals surface area contributed by atoms with E-state index < -0.39 is 5.97 Å². The van der Waals surface area contributed by atoms with Gasteiger partial charge in [-0.2, -0.15) is 0 Å². The monoisotopic (exact) mass is 221 g/mol. The van der Waals surface area contributed by atoms with Crippen LogP contribution in [0.3, 0.4) is 0 Å². The molecule has 16 heavy (non-hydrogen) atoms. The highest BCUT2D eigenvalue weighted by atomic mass is 16.4. The van der Waals surface area contributed by atoms with Gasteiger partial charge in [-0.25, -0.2) is 0 Å². The van der Waals surface area contributed by atoms with Crippen molar-refractivity contribution in [3.63, 3.8) is 0 Å². The summed E-state index contributed by atoms with van der Waals surface area (Å²) in [6.07, 6.45) is 1.14. The van der Waals surface area contributed by atoms with Crippen LogP contribution in [-0.4, -0.2) is 17.6 Å². The van der Waals surface area contributed by atoms with Gasteiger partial charge in [-0.15, -0.1) is 0 Å². The summed E-state index contributed by atoms with van der Waals surface area (Å²) in [5, 5.41) is 11.3. The topological polar surface area (TPSA) is 49.3 Å². The molecule has 0 bridgehead atoms. The van der Waals surface area contributed by atoms with Crippen LogP contribution in [0.25, 0.3) is 0 Å². The molecule has 0 radical (unpaired) electrons. The number of carboxylic acid groups (broad SMARTS) is 1. The Balaban J connectivity index is 2.48. The molecule has 1 aromatic carbocycles. The van der Waals surface area contributed by atoms with E-state index in [1.807, 2.05) is 0 Å². The summed E-state index contributed by atoms with van der Waals surface area (Å²) in [5.74, 6) is -0.239. The third kappa shape index (κ3) is 4.03. The maximum atomic E-state index is 10.3. The molecule has 0 spiro atoms. The zero-order chi connectivity index (χ0) is 12.0. The molecule has 0 saturated heterocycles. The van der Waals surface area contributed by atoms with Crippen molar-refractivity contribution < 1.29 is 9.90 Å². The van der Waals surface area contributed by atoms with E-state index in [0.29, 0.717) is 12.5 Å². The molecule has 88 valence electrons. The lowest BCUT2D eigenvalue weighted by Gasteiger charge is -2.09. The predicted octanol–water partition coefficient (Wildman–Crippen LogP) is 2.37. The van der Waals surface area contributed by atoms with Gasteiger partial charge in [0.05, 0.1) is 6.54 Å². The van der Waals surface area contributed by atoms with Crippen LogP contribution in [0.2, 0.25) is 0 Å². The molecule has 0 aromatic heterocycles. The number of aliphatic carboxylic acids is 1. The molecule has 0 heterocycles. The van der Waals surface area contributed by atoms with Crippen LogP contribution in [0.5, 0.6) is 0 Å². The molecule has 1 atom stereocenters. The SMILES string of the molecule is CCC(C)c1ccc(CNCC(=O)O)cc1. The fraction of sp³-hybridized carbons (Fsp3) is 0.462. The average Bonchev–Trinajstić information content (AvgIpc) is 2.28. The van der Waals surface area contributed by atoms with Crippen molar-refractivity contribution in [2.75, 3.05) is 6.54 Å². The molecule has 1 rings (SSSR count). The molecule has 0 saturated carbocycles. The molecule has 0 fully saturated rings. The Morgan fingerprint density at radius 2 is 2.00 bits per heavy atom. The van der Waals surface area contributed by atoms with E-state index in [0.717, 1.165) is 12.0 Å². The van der Waals surface area contributed by atoms with Gasteiger partial charge in [0.25, 0.3) is 0 Å². The molecule has 3 nitrogen and oxygen atoms in total. The standard InChI is InChI=1S/C13H19NO2/c1-3-10(2)12-6-4-11(5-7-12)8-14-9-13(15)16/h4-7,10,14H,3,8-9H2,1-2H3,(H,15,16). The van der Waals surface area contributed by atoms with Gasteiger partial charge in [-0.1, -0.05) is 38.1 Å². The third-order valence-electron chi connectivity index (χ3n) is 2.77. The quantitative estimate of drug-likeness (QED) is 0.775. The van der Waals surface area contributed by atoms with E-state index in [-0.39, 0.29) is 6.54 Å². The fourth-order valence-corrected chi connectivity index (χ4v) is 1.51. The van der Waals surface area contributed by atoms with E-state index in [1.54, 1.807) is 0 Å². The number of hydrogen-bond acceptors (Lipinski definition) is 2. The molecule has 1 unspecified atom stereocenters. The molecule has 1 aromatic rings. The number of rotatable bonds is 6. The van der Waals surface area contributed by atoms with E-state index in [1.165, 1.54) is 5.56 Å². The number of benzene rings is 1. The molecular weight excluding hydrogens is 202 g/mol. The molecule has 0 aliphatic heterocycles. The first-order valence-electron chi connectivity index (χ1n) is 5.64. The largest absolute Gasteiger partial charge is 0.480 e. The van der Waals surface area contributed by atoms with Crippen molar-refractivity contribution >= 4 is 5.97 Å². The normalized spacial score (nSPS) is 12.4. The lowest BCUT2D eigenvalue weighted by atomic mass is 9.98. The Morgan fingerprint density at radius 3 is 2.50 bits per heavy atom. The summed E-state index contributed by atoms with van der Waals surface area (Å²) in [6.45, 7) is 4.99. The highest BCUT2D eigenvalue weighted by Crippen LogP contribution is 2.18. The zero-order valence-electron chi connectivity index (χ0n) is 9.86. The summed E-state index contributed by atoms with van der Waals surface area (Å²) >= 11 is 0. The zero-order valence-corrected chi connectivity index (χ0v) is 9.86. The van der Waals surface area contributed by atoms with Crippen LogP contribution in [0.4, 0.5) is 0 Å². The van der Waals surface area contributed by atoms with Crippen LogP contribution in [0.15, 0.2) is 24.3 Å².